The lowest BCUT2D eigenvalue weighted by atomic mass is 10.1. The Hall–Kier alpha value is -3.50. The van der Waals surface area contributed by atoms with E-state index in [1.165, 1.54) is 0 Å². The Balaban J connectivity index is 1.37. The van der Waals surface area contributed by atoms with Crippen LogP contribution in [0.2, 0.25) is 0 Å². The lowest BCUT2D eigenvalue weighted by Gasteiger charge is -2.20. The van der Waals surface area contributed by atoms with Crippen molar-refractivity contribution in [1.82, 2.24) is 30.2 Å². The van der Waals surface area contributed by atoms with Crippen molar-refractivity contribution in [2.75, 3.05) is 26.8 Å². The summed E-state index contributed by atoms with van der Waals surface area (Å²) in [7, 11) is 1.68. The number of pyridine rings is 1. The smallest absolute Gasteiger partial charge is 0.251 e. The fraction of sp³-hybridized carbons (Fsp3) is 0.462. The first kappa shape index (κ1) is 24.2. The van der Waals surface area contributed by atoms with E-state index in [1.807, 2.05) is 43.1 Å². The molecule has 10 heteroatoms. The second-order valence-electron chi connectivity index (χ2n) is 9.37. The van der Waals surface area contributed by atoms with Gasteiger partial charge < -0.3 is 19.5 Å². The number of ether oxygens (including phenoxy) is 3. The molecule has 1 saturated heterocycles. The second kappa shape index (κ2) is 10.6. The van der Waals surface area contributed by atoms with Crippen LogP contribution in [-0.2, 0) is 24.4 Å². The molecule has 3 aromatic rings. The largest absolute Gasteiger partial charge is 0.496 e. The van der Waals surface area contributed by atoms with E-state index in [2.05, 4.69) is 25.5 Å². The molecule has 0 aliphatic carbocycles. The van der Waals surface area contributed by atoms with Crippen LogP contribution < -0.4 is 14.8 Å². The Morgan fingerprint density at radius 2 is 2.14 bits per heavy atom. The maximum absolute atomic E-state index is 13.2. The summed E-state index contributed by atoms with van der Waals surface area (Å²) in [6.07, 6.45) is 4.31. The number of amides is 1. The number of methoxy groups -OCH3 is 1. The average molecular weight is 493 g/mol. The molecule has 5 rings (SSSR count). The second-order valence-corrected chi connectivity index (χ2v) is 9.37. The maximum atomic E-state index is 13.2. The molecule has 190 valence electrons. The van der Waals surface area contributed by atoms with E-state index in [4.69, 9.17) is 14.2 Å². The highest BCUT2D eigenvalue weighted by Gasteiger charge is 2.35. The van der Waals surface area contributed by atoms with Gasteiger partial charge in [-0.25, -0.2) is 0 Å². The Morgan fingerprint density at radius 3 is 3.00 bits per heavy atom. The normalized spacial score (nSPS) is 20.9. The molecule has 4 bridgehead atoms. The van der Waals surface area contributed by atoms with Gasteiger partial charge in [-0.2, -0.15) is 0 Å². The van der Waals surface area contributed by atoms with E-state index in [-0.39, 0.29) is 18.1 Å². The molecule has 1 fully saturated rings. The fourth-order valence-corrected chi connectivity index (χ4v) is 4.83. The molecule has 4 heterocycles. The van der Waals surface area contributed by atoms with Gasteiger partial charge in [0, 0.05) is 55.5 Å². The van der Waals surface area contributed by atoms with E-state index in [1.54, 1.807) is 19.2 Å². The number of benzene rings is 1. The molecule has 0 radical (unpaired) electrons. The van der Waals surface area contributed by atoms with Gasteiger partial charge in [0.2, 0.25) is 0 Å². The number of carbonyl (C=O) groups is 1. The van der Waals surface area contributed by atoms with Crippen LogP contribution in [0.3, 0.4) is 0 Å². The summed E-state index contributed by atoms with van der Waals surface area (Å²) < 4.78 is 19.5. The molecule has 36 heavy (non-hydrogen) atoms. The van der Waals surface area contributed by atoms with Crippen molar-refractivity contribution < 1.29 is 19.0 Å². The number of hydrogen-bond acceptors (Lipinski definition) is 8. The lowest BCUT2D eigenvalue weighted by molar-refractivity contribution is 0.0293. The Morgan fingerprint density at radius 1 is 1.25 bits per heavy atom. The molecule has 2 aromatic heterocycles. The number of nitrogens with one attached hydrogen (secondary N) is 1. The standard InChI is InChI=1S/C26H32N6O4/c1-17-11-27-22(18(2)25(17)34-3)13-31-14-23-24(15-31)36-16-20-12-32(30-29-20)8-5-9-35-21-7-4-6-19(10-21)26(33)28-23/h4,6-7,10-12,23-24H,5,8-9,13-16H2,1-3H3,(H,28,33)/t23-,24-/m0/s1. The van der Waals surface area contributed by atoms with Crippen LogP contribution in [0.4, 0.5) is 0 Å². The van der Waals surface area contributed by atoms with Gasteiger partial charge >= 0.3 is 0 Å². The molecular weight excluding hydrogens is 460 g/mol. The van der Waals surface area contributed by atoms with Gasteiger partial charge in [-0.15, -0.1) is 5.10 Å². The van der Waals surface area contributed by atoms with Crippen LogP contribution in [0.1, 0.15) is 39.3 Å². The van der Waals surface area contributed by atoms with Gasteiger partial charge in [0.1, 0.15) is 17.2 Å². The maximum Gasteiger partial charge on any atom is 0.251 e. The third-order valence-electron chi connectivity index (χ3n) is 6.71. The van der Waals surface area contributed by atoms with Gasteiger partial charge in [-0.1, -0.05) is 11.3 Å². The summed E-state index contributed by atoms with van der Waals surface area (Å²) in [6.45, 7) is 7.48. The third kappa shape index (κ3) is 5.34. The summed E-state index contributed by atoms with van der Waals surface area (Å²) in [6, 6.07) is 7.09. The molecule has 10 nitrogen and oxygen atoms in total. The van der Waals surface area contributed by atoms with Gasteiger partial charge in [-0.05, 0) is 32.0 Å². The van der Waals surface area contributed by atoms with Gasteiger partial charge in [0.05, 0.1) is 44.4 Å². The number of nitrogens with zero attached hydrogens (tertiary/aromatic N) is 5. The molecule has 0 saturated carbocycles. The number of rotatable bonds is 3. The lowest BCUT2D eigenvalue weighted by Crippen LogP contribution is -2.44. The Bertz CT molecular complexity index is 1230. The van der Waals surface area contributed by atoms with Crippen molar-refractivity contribution in [3.8, 4) is 11.5 Å². The first-order chi connectivity index (χ1) is 17.5. The minimum absolute atomic E-state index is 0.148. The van der Waals surface area contributed by atoms with Gasteiger partial charge in [-0.3, -0.25) is 19.4 Å². The first-order valence-electron chi connectivity index (χ1n) is 12.3. The van der Waals surface area contributed by atoms with E-state index in [0.717, 1.165) is 34.7 Å². The predicted molar refractivity (Wildman–Crippen MR) is 132 cm³/mol. The van der Waals surface area contributed by atoms with Crippen LogP contribution >= 0.6 is 0 Å². The fourth-order valence-electron chi connectivity index (χ4n) is 4.83. The zero-order valence-electron chi connectivity index (χ0n) is 20.9. The number of likely N-dealkylation sites (tertiary alicyclic amines) is 1. The first-order valence-corrected chi connectivity index (χ1v) is 12.3. The minimum atomic E-state index is -0.209. The summed E-state index contributed by atoms with van der Waals surface area (Å²) in [5, 5.41) is 11.6. The van der Waals surface area contributed by atoms with E-state index in [0.29, 0.717) is 50.7 Å². The zero-order valence-corrected chi connectivity index (χ0v) is 20.9. The third-order valence-corrected chi connectivity index (χ3v) is 6.71. The highest BCUT2D eigenvalue weighted by Crippen LogP contribution is 2.26. The number of hydrogen-bond donors (Lipinski definition) is 1. The van der Waals surface area contributed by atoms with Gasteiger partial charge in [0.25, 0.3) is 5.91 Å². The van der Waals surface area contributed by atoms with E-state index < -0.39 is 0 Å². The number of fused-ring (bicyclic) bond motifs is 5. The molecule has 2 aliphatic rings. The Kier molecular flexibility index (Phi) is 7.15. The molecule has 1 amide bonds. The van der Waals surface area contributed by atoms with Crippen molar-refractivity contribution in [2.45, 2.75) is 52.1 Å². The van der Waals surface area contributed by atoms with Crippen LogP contribution in [0, 0.1) is 13.8 Å². The predicted octanol–water partition coefficient (Wildman–Crippen LogP) is 2.28. The average Bonchev–Trinajstić information content (AvgIpc) is 3.48. The molecule has 1 aromatic carbocycles. The van der Waals surface area contributed by atoms with Crippen LogP contribution in [0.15, 0.2) is 36.7 Å². The van der Waals surface area contributed by atoms with Crippen molar-refractivity contribution in [3.63, 3.8) is 0 Å². The topological polar surface area (TPSA) is 104 Å². The molecule has 2 aliphatic heterocycles. The molecule has 0 unspecified atom stereocenters. The van der Waals surface area contributed by atoms with Crippen LogP contribution in [-0.4, -0.2) is 69.7 Å². The van der Waals surface area contributed by atoms with E-state index in [9.17, 15) is 4.79 Å². The quantitative estimate of drug-likeness (QED) is 0.594. The summed E-state index contributed by atoms with van der Waals surface area (Å²) in [4.78, 5) is 20.1. The van der Waals surface area contributed by atoms with E-state index >= 15 is 0 Å². The Labute approximate surface area is 210 Å². The van der Waals surface area contributed by atoms with Crippen molar-refractivity contribution in [2.24, 2.45) is 0 Å². The number of aryl methyl sites for hydroxylation is 2. The monoisotopic (exact) mass is 492 g/mol. The molecular formula is C26H32N6O4. The van der Waals surface area contributed by atoms with Crippen molar-refractivity contribution in [3.05, 3.63) is 64.7 Å². The zero-order chi connectivity index (χ0) is 25.1. The summed E-state index contributed by atoms with van der Waals surface area (Å²) in [5.41, 5.74) is 4.32. The SMILES string of the molecule is COc1c(C)cnc(CN2C[C@@H]3NC(=O)c4cccc(c4)OCCCn4cc(nn4)CO[C@H]3C2)c1C. The van der Waals surface area contributed by atoms with Crippen LogP contribution in [0.5, 0.6) is 11.5 Å². The summed E-state index contributed by atoms with van der Waals surface area (Å²) in [5.74, 6) is 1.38. The molecule has 2 atom stereocenters. The highest BCUT2D eigenvalue weighted by molar-refractivity contribution is 5.94. The van der Waals surface area contributed by atoms with Crippen molar-refractivity contribution in [1.29, 1.82) is 0 Å². The minimum Gasteiger partial charge on any atom is -0.496 e. The number of carbonyl (C=O) groups excluding carboxylic acids is 1. The van der Waals surface area contributed by atoms with Crippen LogP contribution in [0.25, 0.3) is 0 Å². The molecule has 1 N–H and O–H groups in total. The highest BCUT2D eigenvalue weighted by atomic mass is 16.5. The van der Waals surface area contributed by atoms with Gasteiger partial charge in [0.15, 0.2) is 0 Å². The molecule has 0 spiro atoms. The summed E-state index contributed by atoms with van der Waals surface area (Å²) >= 11 is 0. The van der Waals surface area contributed by atoms with Crippen molar-refractivity contribution >= 4 is 5.91 Å². The number of aromatic nitrogens is 4.